The van der Waals surface area contributed by atoms with Crippen molar-refractivity contribution in [3.8, 4) is 0 Å². The first-order valence-electron chi connectivity index (χ1n) is 9.59. The molecule has 144 valence electrons. The second-order valence-electron chi connectivity index (χ2n) is 7.01. The van der Waals surface area contributed by atoms with Gasteiger partial charge in [0.25, 0.3) is 11.8 Å². The number of rotatable bonds is 4. The zero-order valence-corrected chi connectivity index (χ0v) is 15.8. The van der Waals surface area contributed by atoms with Crippen LogP contribution in [0.25, 0.3) is 0 Å². The van der Waals surface area contributed by atoms with Crippen LogP contribution in [-0.4, -0.2) is 48.4 Å². The summed E-state index contributed by atoms with van der Waals surface area (Å²) in [7, 11) is 0. The number of hydrogen-bond donors (Lipinski definition) is 0. The smallest absolute Gasteiger partial charge is 0.338 e. The van der Waals surface area contributed by atoms with E-state index in [1.165, 1.54) is 4.90 Å². The van der Waals surface area contributed by atoms with Crippen LogP contribution < -0.4 is 4.90 Å². The molecule has 2 aromatic carbocycles. The lowest BCUT2D eigenvalue weighted by Gasteiger charge is -2.37. The average molecular weight is 378 g/mol. The third kappa shape index (κ3) is 3.15. The molecule has 2 aliphatic rings. The maximum Gasteiger partial charge on any atom is 0.338 e. The Balaban J connectivity index is 1.41. The molecule has 0 spiro atoms. The molecule has 2 heterocycles. The van der Waals surface area contributed by atoms with Gasteiger partial charge in [-0.2, -0.15) is 0 Å². The summed E-state index contributed by atoms with van der Waals surface area (Å²) >= 11 is 0. The summed E-state index contributed by atoms with van der Waals surface area (Å²) in [5, 5.41) is 0. The second-order valence-corrected chi connectivity index (χ2v) is 7.01. The highest BCUT2D eigenvalue weighted by molar-refractivity contribution is 6.21. The van der Waals surface area contributed by atoms with Crippen LogP contribution in [0.1, 0.15) is 50.8 Å². The van der Waals surface area contributed by atoms with Crippen LogP contribution in [0.15, 0.2) is 48.5 Å². The molecular formula is C22H22N2O4. The molecule has 0 saturated carbocycles. The molecule has 6 nitrogen and oxygen atoms in total. The number of esters is 1. The normalized spacial score (nSPS) is 17.0. The third-order valence-electron chi connectivity index (χ3n) is 5.40. The second kappa shape index (κ2) is 7.46. The minimum absolute atomic E-state index is 0.0811. The number of nitrogens with zero attached hydrogens (tertiary/aromatic N) is 2. The van der Waals surface area contributed by atoms with Crippen molar-refractivity contribution in [3.05, 3.63) is 65.2 Å². The van der Waals surface area contributed by atoms with Gasteiger partial charge < -0.3 is 9.64 Å². The van der Waals surface area contributed by atoms with Crippen molar-refractivity contribution in [2.24, 2.45) is 0 Å². The number of ether oxygens (including phenoxy) is 1. The molecule has 0 radical (unpaired) electrons. The van der Waals surface area contributed by atoms with Gasteiger partial charge in [0, 0.05) is 24.8 Å². The number of carbonyl (C=O) groups is 3. The van der Waals surface area contributed by atoms with Crippen molar-refractivity contribution in [1.82, 2.24) is 4.90 Å². The van der Waals surface area contributed by atoms with Crippen molar-refractivity contribution < 1.29 is 19.1 Å². The van der Waals surface area contributed by atoms with E-state index in [2.05, 4.69) is 4.90 Å². The van der Waals surface area contributed by atoms with Crippen LogP contribution in [0, 0.1) is 0 Å². The van der Waals surface area contributed by atoms with Gasteiger partial charge in [-0.3, -0.25) is 14.5 Å². The van der Waals surface area contributed by atoms with E-state index in [0.29, 0.717) is 23.3 Å². The monoisotopic (exact) mass is 378 g/mol. The van der Waals surface area contributed by atoms with Crippen LogP contribution in [0.3, 0.4) is 0 Å². The Labute approximate surface area is 163 Å². The SMILES string of the molecule is CCOC(=O)c1ccc(N2CCC(N3C(=O)c4ccccc4C3=O)CC2)cc1. The molecule has 1 saturated heterocycles. The predicted molar refractivity (Wildman–Crippen MR) is 105 cm³/mol. The molecule has 0 atom stereocenters. The van der Waals surface area contributed by atoms with Crippen molar-refractivity contribution >= 4 is 23.5 Å². The first-order chi connectivity index (χ1) is 13.6. The number of imide groups is 1. The summed E-state index contributed by atoms with van der Waals surface area (Å²) in [6, 6.07) is 14.3. The molecule has 2 amide bonds. The van der Waals surface area contributed by atoms with E-state index in [0.717, 1.165) is 31.6 Å². The van der Waals surface area contributed by atoms with Gasteiger partial charge >= 0.3 is 5.97 Å². The molecule has 0 bridgehead atoms. The van der Waals surface area contributed by atoms with Gasteiger partial charge in [0.05, 0.1) is 23.3 Å². The molecule has 28 heavy (non-hydrogen) atoms. The standard InChI is InChI=1S/C22H22N2O4/c1-2-28-22(27)15-7-9-16(10-8-15)23-13-11-17(12-14-23)24-20(25)18-5-3-4-6-19(18)21(24)26/h3-10,17H,2,11-14H2,1H3. The van der Waals surface area contributed by atoms with E-state index in [1.807, 2.05) is 12.1 Å². The van der Waals surface area contributed by atoms with Crippen LogP contribution in [0.2, 0.25) is 0 Å². The largest absolute Gasteiger partial charge is 0.462 e. The Kier molecular flexibility index (Phi) is 4.86. The highest BCUT2D eigenvalue weighted by Crippen LogP contribution is 2.30. The fraction of sp³-hybridized carbons (Fsp3) is 0.318. The van der Waals surface area contributed by atoms with Crippen molar-refractivity contribution in [3.63, 3.8) is 0 Å². The van der Waals surface area contributed by atoms with Crippen molar-refractivity contribution in [1.29, 1.82) is 0 Å². The lowest BCUT2D eigenvalue weighted by atomic mass is 10.0. The highest BCUT2D eigenvalue weighted by Gasteiger charge is 2.40. The summed E-state index contributed by atoms with van der Waals surface area (Å²) in [4.78, 5) is 40.7. The Morgan fingerprint density at radius 2 is 1.54 bits per heavy atom. The third-order valence-corrected chi connectivity index (χ3v) is 5.40. The van der Waals surface area contributed by atoms with E-state index in [9.17, 15) is 14.4 Å². The number of benzene rings is 2. The molecule has 4 rings (SSSR count). The Hall–Kier alpha value is -3.15. The maximum atomic E-state index is 12.7. The van der Waals surface area contributed by atoms with Gasteiger partial charge in [0.2, 0.25) is 0 Å². The molecular weight excluding hydrogens is 356 g/mol. The summed E-state index contributed by atoms with van der Waals surface area (Å²) in [5.41, 5.74) is 2.56. The molecule has 2 aromatic rings. The predicted octanol–water partition coefficient (Wildman–Crippen LogP) is 3.13. The number of fused-ring (bicyclic) bond motifs is 1. The zero-order chi connectivity index (χ0) is 19.7. The summed E-state index contributed by atoms with van der Waals surface area (Å²) < 4.78 is 5.01. The van der Waals surface area contributed by atoms with E-state index in [-0.39, 0.29) is 23.8 Å². The maximum absolute atomic E-state index is 12.7. The van der Waals surface area contributed by atoms with Gasteiger partial charge in [-0.15, -0.1) is 0 Å². The minimum Gasteiger partial charge on any atom is -0.462 e. The first-order valence-corrected chi connectivity index (χ1v) is 9.59. The lowest BCUT2D eigenvalue weighted by Crippen LogP contribution is -2.47. The van der Waals surface area contributed by atoms with Crippen LogP contribution >= 0.6 is 0 Å². The Bertz CT molecular complexity index is 879. The molecule has 0 aliphatic carbocycles. The minimum atomic E-state index is -0.321. The Morgan fingerprint density at radius 1 is 0.964 bits per heavy atom. The van der Waals surface area contributed by atoms with E-state index in [4.69, 9.17) is 4.74 Å². The fourth-order valence-electron chi connectivity index (χ4n) is 3.94. The summed E-state index contributed by atoms with van der Waals surface area (Å²) in [6.07, 6.45) is 1.45. The molecule has 0 N–H and O–H groups in total. The number of piperidine rings is 1. The van der Waals surface area contributed by atoms with Crippen LogP contribution in [0.5, 0.6) is 0 Å². The zero-order valence-electron chi connectivity index (χ0n) is 15.8. The van der Waals surface area contributed by atoms with Gasteiger partial charge in [-0.1, -0.05) is 12.1 Å². The van der Waals surface area contributed by atoms with Crippen LogP contribution in [0.4, 0.5) is 5.69 Å². The van der Waals surface area contributed by atoms with E-state index >= 15 is 0 Å². The van der Waals surface area contributed by atoms with Gasteiger partial charge in [0.15, 0.2) is 0 Å². The average Bonchev–Trinajstić information content (AvgIpc) is 2.99. The summed E-state index contributed by atoms with van der Waals surface area (Å²) in [6.45, 7) is 3.63. The number of amides is 2. The van der Waals surface area contributed by atoms with E-state index < -0.39 is 0 Å². The van der Waals surface area contributed by atoms with Gasteiger partial charge in [0.1, 0.15) is 0 Å². The highest BCUT2D eigenvalue weighted by atomic mass is 16.5. The molecule has 6 heteroatoms. The number of hydrogen-bond acceptors (Lipinski definition) is 5. The molecule has 2 aliphatic heterocycles. The topological polar surface area (TPSA) is 66.9 Å². The first kappa shape index (κ1) is 18.2. The van der Waals surface area contributed by atoms with Gasteiger partial charge in [-0.05, 0) is 56.2 Å². The van der Waals surface area contributed by atoms with E-state index in [1.54, 1.807) is 43.3 Å². The quantitative estimate of drug-likeness (QED) is 0.604. The number of carbonyl (C=O) groups excluding carboxylic acids is 3. The lowest BCUT2D eigenvalue weighted by molar-refractivity contribution is 0.0523. The van der Waals surface area contributed by atoms with Gasteiger partial charge in [-0.25, -0.2) is 4.79 Å². The van der Waals surface area contributed by atoms with Crippen LogP contribution in [-0.2, 0) is 4.74 Å². The van der Waals surface area contributed by atoms with Crippen molar-refractivity contribution in [2.45, 2.75) is 25.8 Å². The summed E-state index contributed by atoms with van der Waals surface area (Å²) in [5.74, 6) is -0.686. The molecule has 1 fully saturated rings. The molecule has 0 aromatic heterocycles. The van der Waals surface area contributed by atoms with Crippen molar-refractivity contribution in [2.75, 3.05) is 24.6 Å². The Morgan fingerprint density at radius 3 is 2.07 bits per heavy atom. The number of anilines is 1. The fourth-order valence-corrected chi connectivity index (χ4v) is 3.94. The molecule has 0 unspecified atom stereocenters.